The molecule has 0 amide bonds. The van der Waals surface area contributed by atoms with Crippen molar-refractivity contribution in [1.82, 2.24) is 0 Å². The summed E-state index contributed by atoms with van der Waals surface area (Å²) in [7, 11) is -3.65. The van der Waals surface area contributed by atoms with Crippen LogP contribution in [0.4, 0.5) is 0 Å². The third-order valence-electron chi connectivity index (χ3n) is 5.85. The lowest BCUT2D eigenvalue weighted by Gasteiger charge is -2.24. The van der Waals surface area contributed by atoms with Crippen LogP contribution in [0.25, 0.3) is 0 Å². The predicted octanol–water partition coefficient (Wildman–Crippen LogP) is 6.02. The second-order valence-electron chi connectivity index (χ2n) is 8.53. The zero-order chi connectivity index (χ0) is 21.7. The molecular formula is C23H41O6P. The van der Waals surface area contributed by atoms with E-state index in [0.717, 1.165) is 12.8 Å². The number of hydrogen-bond donors (Lipinski definition) is 0. The van der Waals surface area contributed by atoms with E-state index < -0.39 is 14.1 Å². The second kappa shape index (κ2) is 14.4. The molecule has 0 radical (unpaired) electrons. The van der Waals surface area contributed by atoms with Crippen LogP contribution in [0.15, 0.2) is 11.3 Å². The number of esters is 1. The third-order valence-corrected chi connectivity index (χ3v) is 7.31. The average Bonchev–Trinajstić information content (AvgIpc) is 3.04. The first kappa shape index (κ1) is 25.6. The molecule has 0 spiro atoms. The fraction of sp³-hybridized carbons (Fsp3) is 0.870. The zero-order valence-electron chi connectivity index (χ0n) is 19.0. The average molecular weight is 445 g/mol. The summed E-state index contributed by atoms with van der Waals surface area (Å²) in [5.74, 6) is -0.344. The van der Waals surface area contributed by atoms with Gasteiger partial charge in [-0.15, -0.1) is 0 Å². The molecule has 1 saturated heterocycles. The molecule has 0 aromatic rings. The van der Waals surface area contributed by atoms with Gasteiger partial charge >= 0.3 is 14.1 Å². The summed E-state index contributed by atoms with van der Waals surface area (Å²) in [6.45, 7) is 4.58. The molecule has 6 nitrogen and oxygen atoms in total. The maximum absolute atomic E-state index is 12.7. The van der Waals surface area contributed by atoms with Gasteiger partial charge < -0.3 is 9.63 Å². The minimum Gasteiger partial charge on any atom is -0.598 e. The van der Waals surface area contributed by atoms with Gasteiger partial charge in [0.15, 0.2) is 5.76 Å². The molecule has 174 valence electrons. The van der Waals surface area contributed by atoms with Crippen molar-refractivity contribution in [3.8, 4) is 0 Å². The minimum absolute atomic E-state index is 0.119. The van der Waals surface area contributed by atoms with E-state index in [1.165, 1.54) is 77.0 Å². The molecule has 2 aliphatic heterocycles. The number of carbonyl (C=O) groups is 1. The first-order valence-corrected chi connectivity index (χ1v) is 13.5. The van der Waals surface area contributed by atoms with Crippen LogP contribution in [0.3, 0.4) is 0 Å². The quantitative estimate of drug-likeness (QED) is 0.165. The van der Waals surface area contributed by atoms with Crippen LogP contribution < -0.4 is 4.89 Å². The molecule has 2 aliphatic rings. The van der Waals surface area contributed by atoms with Gasteiger partial charge in [-0.2, -0.15) is 9.05 Å². The summed E-state index contributed by atoms with van der Waals surface area (Å²) in [6.07, 6.45) is 18.0. The Balaban J connectivity index is 1.44. The molecule has 2 rings (SSSR count). The topological polar surface area (TPSA) is 77.0 Å². The Labute approximate surface area is 183 Å². The molecule has 2 atom stereocenters. The Bertz CT molecular complexity index is 538. The highest BCUT2D eigenvalue weighted by atomic mass is 31.2. The van der Waals surface area contributed by atoms with Crippen LogP contribution >= 0.6 is 8.17 Å². The molecular weight excluding hydrogens is 403 g/mol. The van der Waals surface area contributed by atoms with Gasteiger partial charge in [-0.3, -0.25) is 4.52 Å². The van der Waals surface area contributed by atoms with Crippen molar-refractivity contribution in [3.63, 3.8) is 0 Å². The number of fused-ring (bicyclic) bond motifs is 1. The highest BCUT2D eigenvalue weighted by molar-refractivity contribution is 7.54. The van der Waals surface area contributed by atoms with Gasteiger partial charge in [-0.1, -0.05) is 90.4 Å². The molecule has 1 fully saturated rings. The van der Waals surface area contributed by atoms with E-state index in [2.05, 4.69) is 6.92 Å². The number of cyclic esters (lactones) is 1. The molecule has 2 heterocycles. The number of phosphoric ester groups is 1. The van der Waals surface area contributed by atoms with Gasteiger partial charge in [-0.05, 0) is 13.3 Å². The van der Waals surface area contributed by atoms with Crippen molar-refractivity contribution < 1.29 is 28.0 Å². The Morgan fingerprint density at radius 1 is 0.900 bits per heavy atom. The molecule has 0 aliphatic carbocycles. The lowest BCUT2D eigenvalue weighted by molar-refractivity contribution is -0.244. The number of phosphoric acid groups is 1. The van der Waals surface area contributed by atoms with E-state index in [1.54, 1.807) is 6.92 Å². The highest BCUT2D eigenvalue weighted by Gasteiger charge is 2.45. The van der Waals surface area contributed by atoms with E-state index in [1.807, 2.05) is 0 Å². The molecule has 0 N–H and O–H groups in total. The molecule has 0 saturated carbocycles. The summed E-state index contributed by atoms with van der Waals surface area (Å²) in [5, 5.41) is 0. The summed E-state index contributed by atoms with van der Waals surface area (Å²) in [6, 6.07) is 0. The smallest absolute Gasteiger partial charge is 0.428 e. The molecule has 0 bridgehead atoms. The number of ether oxygens (including phenoxy) is 1. The van der Waals surface area contributed by atoms with E-state index in [0.29, 0.717) is 17.9 Å². The van der Waals surface area contributed by atoms with Gasteiger partial charge in [0.1, 0.15) is 13.2 Å². The Kier molecular flexibility index (Phi) is 12.3. The van der Waals surface area contributed by atoms with Gasteiger partial charge in [0.25, 0.3) is 0 Å². The number of hydrogen-bond acceptors (Lipinski definition) is 6. The Morgan fingerprint density at radius 2 is 1.43 bits per heavy atom. The predicted molar refractivity (Wildman–Crippen MR) is 117 cm³/mol. The normalized spacial score (nSPS) is 23.8. The monoisotopic (exact) mass is 444 g/mol. The number of allylic oxidation sites excluding steroid dienone is 1. The van der Waals surface area contributed by atoms with Crippen LogP contribution in [0, 0.1) is 5.92 Å². The Morgan fingerprint density at radius 3 is 2.00 bits per heavy atom. The first-order valence-electron chi connectivity index (χ1n) is 12.0. The van der Waals surface area contributed by atoms with Crippen molar-refractivity contribution in [2.45, 2.75) is 104 Å². The first-order chi connectivity index (χ1) is 14.6. The maximum atomic E-state index is 12.7. The highest BCUT2D eigenvalue weighted by Crippen LogP contribution is 2.58. The standard InChI is InChI=1S/C23H41O6P/c1-3-4-5-6-7-8-9-10-11-12-13-14-15-16-17-27-30(25)28-19-21-18-26-23(24)22(21)20(2)29-30/h21H,3-19H2,1-2H3/t21-,30?/m0/s1. The van der Waals surface area contributed by atoms with Gasteiger partial charge in [0.05, 0.1) is 18.1 Å². The van der Waals surface area contributed by atoms with Crippen molar-refractivity contribution >= 4 is 14.1 Å². The fourth-order valence-corrected chi connectivity index (χ4v) is 5.36. The van der Waals surface area contributed by atoms with Crippen LogP contribution in [0.2, 0.25) is 0 Å². The van der Waals surface area contributed by atoms with Crippen LogP contribution in [-0.4, -0.2) is 25.8 Å². The summed E-state index contributed by atoms with van der Waals surface area (Å²) < 4.78 is 21.2. The van der Waals surface area contributed by atoms with E-state index >= 15 is 0 Å². The summed E-state index contributed by atoms with van der Waals surface area (Å²) >= 11 is 0. The number of unbranched alkanes of at least 4 members (excludes halogenated alkanes) is 13. The third kappa shape index (κ3) is 9.21. The largest absolute Gasteiger partial charge is 0.598 e. The lowest BCUT2D eigenvalue weighted by atomic mass is 10.0. The van der Waals surface area contributed by atoms with Crippen molar-refractivity contribution in [2.75, 3.05) is 19.8 Å². The van der Waals surface area contributed by atoms with Crippen molar-refractivity contribution in [1.29, 1.82) is 0 Å². The van der Waals surface area contributed by atoms with Crippen molar-refractivity contribution in [2.24, 2.45) is 5.92 Å². The second-order valence-corrected chi connectivity index (χ2v) is 10.1. The lowest BCUT2D eigenvalue weighted by Crippen LogP contribution is -2.19. The van der Waals surface area contributed by atoms with Gasteiger partial charge in [0, 0.05) is 0 Å². The summed E-state index contributed by atoms with van der Waals surface area (Å²) in [5.41, 5.74) is 0.424. The van der Waals surface area contributed by atoms with Gasteiger partial charge in [-0.25, -0.2) is 4.79 Å². The van der Waals surface area contributed by atoms with E-state index in [4.69, 9.17) is 18.3 Å². The number of carbonyl (C=O) groups excluding carboxylic acids is 1. The Hall–Kier alpha value is -0.680. The molecule has 7 heteroatoms. The molecule has 1 unspecified atom stereocenters. The zero-order valence-corrected chi connectivity index (χ0v) is 19.9. The molecule has 0 aromatic carbocycles. The number of rotatable bonds is 16. The SMILES string of the molecule is CCCCCCCCCCCCCCCCO[P+]1([O-])OC[C@@H]2COC(=O)C2=C(C)O1. The van der Waals surface area contributed by atoms with Gasteiger partial charge in [0.2, 0.25) is 0 Å². The van der Waals surface area contributed by atoms with Crippen LogP contribution in [0.5, 0.6) is 0 Å². The fourth-order valence-electron chi connectivity index (χ4n) is 4.03. The molecule has 30 heavy (non-hydrogen) atoms. The molecule has 0 aromatic heterocycles. The minimum atomic E-state index is -3.65. The van der Waals surface area contributed by atoms with Crippen LogP contribution in [0.1, 0.15) is 104 Å². The van der Waals surface area contributed by atoms with E-state index in [-0.39, 0.29) is 19.1 Å². The van der Waals surface area contributed by atoms with Crippen molar-refractivity contribution in [3.05, 3.63) is 11.3 Å². The van der Waals surface area contributed by atoms with Crippen LogP contribution in [-0.2, 0) is 23.1 Å². The maximum Gasteiger partial charge on any atom is 0.428 e. The summed E-state index contributed by atoms with van der Waals surface area (Å²) in [4.78, 5) is 24.4. The van der Waals surface area contributed by atoms with E-state index in [9.17, 15) is 9.69 Å².